The lowest BCUT2D eigenvalue weighted by Gasteiger charge is -2.38. The average molecular weight is 268 g/mol. The second kappa shape index (κ2) is 6.55. The zero-order valence-electron chi connectivity index (χ0n) is 13.0. The number of hydrogen-bond donors (Lipinski definition) is 2. The molecule has 3 unspecified atom stereocenters. The van der Waals surface area contributed by atoms with Crippen molar-refractivity contribution < 1.29 is 5.11 Å². The SMILES string of the molecule is CC1CCCCC1N(C)CCC(C)(CO)NC1CC1. The molecule has 0 heterocycles. The van der Waals surface area contributed by atoms with Crippen molar-refractivity contribution in [3.63, 3.8) is 0 Å². The van der Waals surface area contributed by atoms with Crippen LogP contribution in [-0.4, -0.2) is 47.8 Å². The summed E-state index contributed by atoms with van der Waals surface area (Å²) in [6, 6.07) is 1.41. The highest BCUT2D eigenvalue weighted by Crippen LogP contribution is 2.28. The lowest BCUT2D eigenvalue weighted by molar-refractivity contribution is 0.106. The monoisotopic (exact) mass is 268 g/mol. The van der Waals surface area contributed by atoms with Gasteiger partial charge in [-0.15, -0.1) is 0 Å². The van der Waals surface area contributed by atoms with Crippen LogP contribution in [-0.2, 0) is 0 Å². The minimum atomic E-state index is -0.0899. The van der Waals surface area contributed by atoms with Gasteiger partial charge in [0.05, 0.1) is 6.61 Å². The van der Waals surface area contributed by atoms with E-state index in [9.17, 15) is 5.11 Å². The summed E-state index contributed by atoms with van der Waals surface area (Å²) < 4.78 is 0. The lowest BCUT2D eigenvalue weighted by Crippen LogP contribution is -2.50. The van der Waals surface area contributed by atoms with Gasteiger partial charge in [0.25, 0.3) is 0 Å². The molecule has 2 saturated carbocycles. The van der Waals surface area contributed by atoms with Gasteiger partial charge < -0.3 is 15.3 Å². The molecule has 2 fully saturated rings. The third kappa shape index (κ3) is 4.44. The van der Waals surface area contributed by atoms with Crippen molar-refractivity contribution in [2.75, 3.05) is 20.2 Å². The summed E-state index contributed by atoms with van der Waals surface area (Å²) in [4.78, 5) is 2.53. The van der Waals surface area contributed by atoms with E-state index in [1.165, 1.54) is 38.5 Å². The van der Waals surface area contributed by atoms with Gasteiger partial charge in [0.2, 0.25) is 0 Å². The largest absolute Gasteiger partial charge is 0.394 e. The molecule has 3 atom stereocenters. The van der Waals surface area contributed by atoms with E-state index < -0.39 is 0 Å². The Kier molecular flexibility index (Phi) is 5.27. The van der Waals surface area contributed by atoms with E-state index in [-0.39, 0.29) is 12.1 Å². The predicted molar refractivity (Wildman–Crippen MR) is 80.3 cm³/mol. The number of aliphatic hydroxyl groups is 1. The number of rotatable bonds is 7. The van der Waals surface area contributed by atoms with E-state index in [0.29, 0.717) is 6.04 Å². The van der Waals surface area contributed by atoms with E-state index in [4.69, 9.17) is 0 Å². The Bertz CT molecular complexity index is 280. The second-order valence-corrected chi connectivity index (χ2v) is 7.20. The van der Waals surface area contributed by atoms with Crippen LogP contribution in [0.1, 0.15) is 58.8 Å². The van der Waals surface area contributed by atoms with E-state index in [1.54, 1.807) is 0 Å². The number of nitrogens with one attached hydrogen (secondary N) is 1. The Morgan fingerprint density at radius 1 is 1.21 bits per heavy atom. The first-order valence-corrected chi connectivity index (χ1v) is 8.13. The van der Waals surface area contributed by atoms with Crippen LogP contribution in [0.4, 0.5) is 0 Å². The average Bonchev–Trinajstić information content (AvgIpc) is 3.20. The van der Waals surface area contributed by atoms with Crippen molar-refractivity contribution >= 4 is 0 Å². The third-order valence-electron chi connectivity index (χ3n) is 5.13. The first-order chi connectivity index (χ1) is 9.04. The molecule has 0 aromatic carbocycles. The van der Waals surface area contributed by atoms with Crippen LogP contribution in [0.25, 0.3) is 0 Å². The molecular weight excluding hydrogens is 236 g/mol. The summed E-state index contributed by atoms with van der Waals surface area (Å²) in [7, 11) is 2.27. The summed E-state index contributed by atoms with van der Waals surface area (Å²) in [5, 5.41) is 13.3. The maximum atomic E-state index is 9.66. The van der Waals surface area contributed by atoms with Gasteiger partial charge in [0, 0.05) is 17.6 Å². The standard InChI is InChI=1S/C16H32N2O/c1-13-6-4-5-7-15(13)18(3)11-10-16(2,12-19)17-14-8-9-14/h13-15,17,19H,4-12H2,1-3H3. The molecule has 19 heavy (non-hydrogen) atoms. The molecule has 0 amide bonds. The lowest BCUT2D eigenvalue weighted by atomic mass is 9.84. The summed E-state index contributed by atoms with van der Waals surface area (Å²) >= 11 is 0. The van der Waals surface area contributed by atoms with Crippen LogP contribution in [0.2, 0.25) is 0 Å². The van der Waals surface area contributed by atoms with E-state index in [2.05, 4.69) is 31.1 Å². The van der Waals surface area contributed by atoms with Crippen molar-refractivity contribution in [3.05, 3.63) is 0 Å². The molecule has 3 nitrogen and oxygen atoms in total. The summed E-state index contributed by atoms with van der Waals surface area (Å²) in [5.41, 5.74) is -0.0899. The van der Waals surface area contributed by atoms with Crippen molar-refractivity contribution in [3.8, 4) is 0 Å². The topological polar surface area (TPSA) is 35.5 Å². The zero-order chi connectivity index (χ0) is 13.9. The summed E-state index contributed by atoms with van der Waals surface area (Å²) in [6.07, 6.45) is 9.13. The second-order valence-electron chi connectivity index (χ2n) is 7.20. The maximum absolute atomic E-state index is 9.66. The Balaban J connectivity index is 1.78. The van der Waals surface area contributed by atoms with Crippen molar-refractivity contribution in [2.24, 2.45) is 5.92 Å². The van der Waals surface area contributed by atoms with Gasteiger partial charge in [-0.05, 0) is 58.5 Å². The fourth-order valence-corrected chi connectivity index (χ4v) is 3.46. The molecule has 3 heteroatoms. The maximum Gasteiger partial charge on any atom is 0.0611 e. The van der Waals surface area contributed by atoms with Gasteiger partial charge in [0.15, 0.2) is 0 Å². The van der Waals surface area contributed by atoms with Crippen LogP contribution < -0.4 is 5.32 Å². The molecule has 0 spiro atoms. The molecule has 0 aromatic rings. The molecule has 0 radical (unpaired) electrons. The van der Waals surface area contributed by atoms with Gasteiger partial charge in [-0.25, -0.2) is 0 Å². The van der Waals surface area contributed by atoms with Crippen molar-refractivity contribution in [1.29, 1.82) is 0 Å². The fraction of sp³-hybridized carbons (Fsp3) is 1.00. The predicted octanol–water partition coefficient (Wildman–Crippen LogP) is 2.39. The highest BCUT2D eigenvalue weighted by molar-refractivity contribution is 4.93. The first-order valence-electron chi connectivity index (χ1n) is 8.13. The molecule has 2 aliphatic carbocycles. The van der Waals surface area contributed by atoms with Crippen LogP contribution >= 0.6 is 0 Å². The zero-order valence-corrected chi connectivity index (χ0v) is 13.0. The van der Waals surface area contributed by atoms with Gasteiger partial charge in [-0.3, -0.25) is 0 Å². The molecule has 2 N–H and O–H groups in total. The van der Waals surface area contributed by atoms with E-state index in [0.717, 1.165) is 24.9 Å². The smallest absolute Gasteiger partial charge is 0.0611 e. The molecule has 0 bridgehead atoms. The van der Waals surface area contributed by atoms with Crippen LogP contribution in [0, 0.1) is 5.92 Å². The quantitative estimate of drug-likeness (QED) is 0.744. The molecule has 0 saturated heterocycles. The highest BCUT2D eigenvalue weighted by atomic mass is 16.3. The van der Waals surface area contributed by atoms with E-state index in [1.807, 2.05) is 0 Å². The molecule has 2 rings (SSSR count). The number of hydrogen-bond acceptors (Lipinski definition) is 3. The van der Waals surface area contributed by atoms with Crippen LogP contribution in [0.15, 0.2) is 0 Å². The molecule has 2 aliphatic rings. The highest BCUT2D eigenvalue weighted by Gasteiger charge is 2.33. The van der Waals surface area contributed by atoms with E-state index >= 15 is 0 Å². The first kappa shape index (κ1) is 15.3. The molecular formula is C16H32N2O. The Hall–Kier alpha value is -0.120. The number of aliphatic hydroxyl groups excluding tert-OH is 1. The Morgan fingerprint density at radius 3 is 2.47 bits per heavy atom. The molecule has 112 valence electrons. The van der Waals surface area contributed by atoms with Gasteiger partial charge in [-0.2, -0.15) is 0 Å². The van der Waals surface area contributed by atoms with Crippen molar-refractivity contribution in [1.82, 2.24) is 10.2 Å². The minimum Gasteiger partial charge on any atom is -0.394 e. The summed E-state index contributed by atoms with van der Waals surface area (Å²) in [6.45, 7) is 5.90. The third-order valence-corrected chi connectivity index (χ3v) is 5.13. The Morgan fingerprint density at radius 2 is 1.89 bits per heavy atom. The van der Waals surface area contributed by atoms with Gasteiger partial charge in [-0.1, -0.05) is 19.8 Å². The van der Waals surface area contributed by atoms with Gasteiger partial charge in [0.1, 0.15) is 0 Å². The molecule has 0 aliphatic heterocycles. The van der Waals surface area contributed by atoms with Gasteiger partial charge >= 0.3 is 0 Å². The van der Waals surface area contributed by atoms with Crippen molar-refractivity contribution in [2.45, 2.75) is 76.4 Å². The molecule has 0 aromatic heterocycles. The normalized spacial score (nSPS) is 31.4. The summed E-state index contributed by atoms with van der Waals surface area (Å²) in [5.74, 6) is 0.829. The minimum absolute atomic E-state index is 0.0899. The fourth-order valence-electron chi connectivity index (χ4n) is 3.46. The van der Waals surface area contributed by atoms with Crippen LogP contribution in [0.5, 0.6) is 0 Å². The van der Waals surface area contributed by atoms with Crippen LogP contribution in [0.3, 0.4) is 0 Å². The Labute approximate surface area is 118 Å². The number of nitrogens with zero attached hydrogens (tertiary/aromatic N) is 1.